The normalized spacial score (nSPS) is 16.8. The molecule has 0 saturated heterocycles. The molecule has 0 saturated carbocycles. The molecule has 2 aromatic carbocycles. The molecule has 0 spiro atoms. The summed E-state index contributed by atoms with van der Waals surface area (Å²) in [6, 6.07) is 13.8. The van der Waals surface area contributed by atoms with E-state index in [1.54, 1.807) is 12.2 Å². The molecule has 1 heterocycles. The number of rotatable bonds is 6. The highest BCUT2D eigenvalue weighted by atomic mass is 16.5. The molecule has 2 aromatic rings. The van der Waals surface area contributed by atoms with Crippen LogP contribution in [0, 0.1) is 0 Å². The number of carbonyl (C=O) groups excluding carboxylic acids is 1. The number of hydrogen-bond donors (Lipinski definition) is 1. The van der Waals surface area contributed by atoms with Crippen molar-refractivity contribution in [2.24, 2.45) is 0 Å². The Hall–Kier alpha value is -2.75. The van der Waals surface area contributed by atoms with Gasteiger partial charge in [0.25, 0.3) is 0 Å². The van der Waals surface area contributed by atoms with Crippen LogP contribution >= 0.6 is 0 Å². The van der Waals surface area contributed by atoms with Gasteiger partial charge in [-0.25, -0.2) is 0 Å². The summed E-state index contributed by atoms with van der Waals surface area (Å²) in [6.07, 6.45) is 4.38. The average molecular weight is 351 g/mol. The summed E-state index contributed by atoms with van der Waals surface area (Å²) >= 11 is 0. The van der Waals surface area contributed by atoms with Crippen LogP contribution in [-0.2, 0) is 11.2 Å². The molecule has 0 aliphatic carbocycles. The molecule has 26 heavy (non-hydrogen) atoms. The Kier molecular flexibility index (Phi) is 5.61. The largest absolute Gasteiger partial charge is 0.493 e. The van der Waals surface area contributed by atoms with Gasteiger partial charge in [-0.3, -0.25) is 4.79 Å². The van der Waals surface area contributed by atoms with Gasteiger partial charge in [-0.2, -0.15) is 0 Å². The van der Waals surface area contributed by atoms with Gasteiger partial charge in [-0.05, 0) is 44.5 Å². The SMILES string of the molecule is CCOc1cc2c(cc1/C=C/C(=O)NC(C)c1ccccc1)OC(C)C2. The van der Waals surface area contributed by atoms with Crippen LogP contribution in [0.15, 0.2) is 48.5 Å². The van der Waals surface area contributed by atoms with Crippen LogP contribution in [-0.4, -0.2) is 18.6 Å². The number of benzene rings is 2. The summed E-state index contributed by atoms with van der Waals surface area (Å²) < 4.78 is 11.6. The Bertz CT molecular complexity index is 799. The van der Waals surface area contributed by atoms with Crippen LogP contribution in [0.5, 0.6) is 11.5 Å². The van der Waals surface area contributed by atoms with E-state index in [-0.39, 0.29) is 18.1 Å². The van der Waals surface area contributed by atoms with Gasteiger partial charge in [0.1, 0.15) is 17.6 Å². The van der Waals surface area contributed by atoms with Crippen molar-refractivity contribution in [2.75, 3.05) is 6.61 Å². The minimum atomic E-state index is -0.140. The Morgan fingerprint density at radius 2 is 2.12 bits per heavy atom. The zero-order valence-electron chi connectivity index (χ0n) is 15.5. The van der Waals surface area contributed by atoms with Crippen molar-refractivity contribution in [3.05, 3.63) is 65.2 Å². The van der Waals surface area contributed by atoms with Crippen molar-refractivity contribution in [1.82, 2.24) is 5.32 Å². The molecule has 0 radical (unpaired) electrons. The fraction of sp³-hybridized carbons (Fsp3) is 0.318. The van der Waals surface area contributed by atoms with E-state index >= 15 is 0 Å². The molecule has 0 bridgehead atoms. The molecule has 1 N–H and O–H groups in total. The predicted octanol–water partition coefficient (Wildman–Crippen LogP) is 4.30. The van der Waals surface area contributed by atoms with Crippen LogP contribution in [0.1, 0.15) is 43.5 Å². The maximum atomic E-state index is 12.3. The van der Waals surface area contributed by atoms with E-state index in [1.807, 2.05) is 63.2 Å². The van der Waals surface area contributed by atoms with Crippen molar-refractivity contribution >= 4 is 12.0 Å². The molecular weight excluding hydrogens is 326 g/mol. The molecule has 3 rings (SSSR count). The maximum Gasteiger partial charge on any atom is 0.244 e. The third-order valence-electron chi connectivity index (χ3n) is 4.40. The van der Waals surface area contributed by atoms with Crippen LogP contribution in [0.2, 0.25) is 0 Å². The first-order valence-electron chi connectivity index (χ1n) is 9.06. The first-order chi connectivity index (χ1) is 12.6. The van der Waals surface area contributed by atoms with Gasteiger partial charge in [0.05, 0.1) is 12.6 Å². The highest BCUT2D eigenvalue weighted by Crippen LogP contribution is 2.35. The van der Waals surface area contributed by atoms with Crippen molar-refractivity contribution in [2.45, 2.75) is 39.3 Å². The lowest BCUT2D eigenvalue weighted by molar-refractivity contribution is -0.117. The number of carbonyl (C=O) groups is 1. The second kappa shape index (κ2) is 8.09. The maximum absolute atomic E-state index is 12.3. The molecule has 136 valence electrons. The lowest BCUT2D eigenvalue weighted by atomic mass is 10.1. The molecule has 4 nitrogen and oxygen atoms in total. The van der Waals surface area contributed by atoms with Crippen molar-refractivity contribution in [1.29, 1.82) is 0 Å². The van der Waals surface area contributed by atoms with Gasteiger partial charge >= 0.3 is 0 Å². The minimum Gasteiger partial charge on any atom is -0.493 e. The topological polar surface area (TPSA) is 47.6 Å². The first kappa shape index (κ1) is 18.1. The Balaban J connectivity index is 1.73. The standard InChI is InChI=1S/C22H25NO3/c1-4-25-20-14-19-12-15(2)26-21(19)13-18(20)10-11-22(24)23-16(3)17-8-6-5-7-9-17/h5-11,13-16H,4,12H2,1-3H3,(H,23,24)/b11-10+. The van der Waals surface area contributed by atoms with E-state index in [2.05, 4.69) is 5.32 Å². The van der Waals surface area contributed by atoms with Gasteiger partial charge in [-0.15, -0.1) is 0 Å². The van der Waals surface area contributed by atoms with Crippen molar-refractivity contribution in [3.8, 4) is 11.5 Å². The fourth-order valence-electron chi connectivity index (χ4n) is 3.12. The van der Waals surface area contributed by atoms with Crippen LogP contribution in [0.25, 0.3) is 6.08 Å². The highest BCUT2D eigenvalue weighted by Gasteiger charge is 2.21. The molecule has 0 fully saturated rings. The van der Waals surface area contributed by atoms with Crippen LogP contribution in [0.3, 0.4) is 0 Å². The van der Waals surface area contributed by atoms with E-state index in [9.17, 15) is 4.79 Å². The van der Waals surface area contributed by atoms with Gasteiger partial charge in [0, 0.05) is 23.6 Å². The number of fused-ring (bicyclic) bond motifs is 1. The molecule has 1 amide bonds. The highest BCUT2D eigenvalue weighted by molar-refractivity contribution is 5.92. The summed E-state index contributed by atoms with van der Waals surface area (Å²) in [4.78, 5) is 12.3. The van der Waals surface area contributed by atoms with Crippen LogP contribution in [0.4, 0.5) is 0 Å². The van der Waals surface area contributed by atoms with Gasteiger partial charge in [-0.1, -0.05) is 30.3 Å². The third kappa shape index (κ3) is 4.26. The number of hydrogen-bond acceptors (Lipinski definition) is 3. The zero-order chi connectivity index (χ0) is 18.5. The van der Waals surface area contributed by atoms with Crippen molar-refractivity contribution in [3.63, 3.8) is 0 Å². The number of nitrogens with one attached hydrogen (secondary N) is 1. The van der Waals surface area contributed by atoms with E-state index in [0.29, 0.717) is 6.61 Å². The van der Waals surface area contributed by atoms with Crippen molar-refractivity contribution < 1.29 is 14.3 Å². The van der Waals surface area contributed by atoms with Gasteiger partial charge < -0.3 is 14.8 Å². The average Bonchev–Trinajstić information content (AvgIpc) is 2.99. The number of amides is 1. The molecule has 1 aliphatic heterocycles. The summed E-state index contributed by atoms with van der Waals surface area (Å²) in [5.74, 6) is 1.52. The van der Waals surface area contributed by atoms with Crippen LogP contribution < -0.4 is 14.8 Å². The second-order valence-corrected chi connectivity index (χ2v) is 6.54. The quantitative estimate of drug-likeness (QED) is 0.790. The fourth-order valence-corrected chi connectivity index (χ4v) is 3.12. The Morgan fingerprint density at radius 1 is 1.35 bits per heavy atom. The zero-order valence-corrected chi connectivity index (χ0v) is 15.5. The summed E-state index contributed by atoms with van der Waals surface area (Å²) in [5, 5.41) is 2.98. The molecule has 2 atom stereocenters. The summed E-state index contributed by atoms with van der Waals surface area (Å²) in [5.41, 5.74) is 3.08. The smallest absolute Gasteiger partial charge is 0.244 e. The third-order valence-corrected chi connectivity index (χ3v) is 4.40. The van der Waals surface area contributed by atoms with E-state index in [4.69, 9.17) is 9.47 Å². The number of ether oxygens (including phenoxy) is 2. The van der Waals surface area contributed by atoms with Gasteiger partial charge in [0.15, 0.2) is 0 Å². The molecule has 4 heteroatoms. The van der Waals surface area contributed by atoms with E-state index in [1.165, 1.54) is 0 Å². The summed E-state index contributed by atoms with van der Waals surface area (Å²) in [7, 11) is 0. The Morgan fingerprint density at radius 3 is 2.85 bits per heavy atom. The Labute approximate surface area is 154 Å². The predicted molar refractivity (Wildman–Crippen MR) is 103 cm³/mol. The minimum absolute atomic E-state index is 0.0519. The van der Waals surface area contributed by atoms with E-state index in [0.717, 1.165) is 34.6 Å². The first-order valence-corrected chi connectivity index (χ1v) is 9.06. The van der Waals surface area contributed by atoms with E-state index < -0.39 is 0 Å². The molecule has 2 unspecified atom stereocenters. The second-order valence-electron chi connectivity index (χ2n) is 6.54. The lowest BCUT2D eigenvalue weighted by Crippen LogP contribution is -2.24. The molecular formula is C22H25NO3. The molecule has 1 aliphatic rings. The lowest BCUT2D eigenvalue weighted by Gasteiger charge is -2.13. The summed E-state index contributed by atoms with van der Waals surface area (Å²) in [6.45, 7) is 6.55. The monoisotopic (exact) mass is 351 g/mol. The van der Waals surface area contributed by atoms with Gasteiger partial charge in [0.2, 0.25) is 5.91 Å². The molecule has 0 aromatic heterocycles.